The number of carbonyl (C=O) groups is 2. The topological polar surface area (TPSA) is 81.4 Å². The molecule has 0 spiro atoms. The molecule has 1 amide bonds. The van der Waals surface area contributed by atoms with Gasteiger partial charge in [-0.05, 0) is 20.8 Å². The third-order valence-corrected chi connectivity index (χ3v) is 1.67. The van der Waals surface area contributed by atoms with Crippen LogP contribution in [0.1, 0.15) is 41.0 Å². The molecule has 0 aliphatic carbocycles. The lowest BCUT2D eigenvalue weighted by atomic mass is 10.1. The summed E-state index contributed by atoms with van der Waals surface area (Å²) in [5.74, 6) is -0.969. The van der Waals surface area contributed by atoms with Gasteiger partial charge in [0.1, 0.15) is 5.60 Å². The first kappa shape index (κ1) is 14.9. The third-order valence-electron chi connectivity index (χ3n) is 1.67. The Hall–Kier alpha value is -1.10. The zero-order chi connectivity index (χ0) is 12.9. The van der Waals surface area contributed by atoms with Crippen molar-refractivity contribution in [1.82, 2.24) is 5.32 Å². The Balaban J connectivity index is 4.30. The highest BCUT2D eigenvalue weighted by Gasteiger charge is 2.23. The molecule has 0 saturated heterocycles. The molecule has 3 N–H and O–H groups in total. The van der Waals surface area contributed by atoms with E-state index in [4.69, 9.17) is 10.5 Å². The Morgan fingerprint density at radius 3 is 2.12 bits per heavy atom. The van der Waals surface area contributed by atoms with E-state index in [9.17, 15) is 9.59 Å². The Labute approximate surface area is 96.7 Å². The summed E-state index contributed by atoms with van der Waals surface area (Å²) in [5.41, 5.74) is 4.64. The fourth-order valence-corrected chi connectivity index (χ4v) is 1.19. The Morgan fingerprint density at radius 2 is 1.81 bits per heavy atom. The molecule has 5 nitrogen and oxygen atoms in total. The molecule has 0 bridgehead atoms. The van der Waals surface area contributed by atoms with Crippen LogP contribution in [-0.4, -0.2) is 29.6 Å². The summed E-state index contributed by atoms with van der Waals surface area (Å²) in [7, 11) is 0. The van der Waals surface area contributed by atoms with Crippen LogP contribution in [0.3, 0.4) is 0 Å². The maximum absolute atomic E-state index is 11.5. The van der Waals surface area contributed by atoms with E-state index in [1.54, 1.807) is 20.8 Å². The minimum absolute atomic E-state index is 0.0369. The number of nitrogens with one attached hydrogen (secondary N) is 1. The molecule has 0 aliphatic rings. The molecule has 0 rings (SSSR count). The van der Waals surface area contributed by atoms with Gasteiger partial charge in [0.25, 0.3) is 0 Å². The molecule has 16 heavy (non-hydrogen) atoms. The molecule has 0 unspecified atom stereocenters. The molecule has 0 aromatic carbocycles. The number of nitrogens with two attached hydrogens (primary N) is 1. The number of hydrogen-bond donors (Lipinski definition) is 2. The van der Waals surface area contributed by atoms with Crippen molar-refractivity contribution >= 4 is 11.9 Å². The predicted octanol–water partition coefficient (Wildman–Crippen LogP) is 0.570. The maximum atomic E-state index is 11.5. The van der Waals surface area contributed by atoms with Crippen molar-refractivity contribution in [2.24, 2.45) is 5.73 Å². The van der Waals surface area contributed by atoms with E-state index < -0.39 is 23.5 Å². The van der Waals surface area contributed by atoms with Gasteiger partial charge in [0.2, 0.25) is 5.91 Å². The van der Waals surface area contributed by atoms with Gasteiger partial charge in [0, 0.05) is 6.04 Å². The second kappa shape index (κ2) is 5.84. The van der Waals surface area contributed by atoms with Gasteiger partial charge in [0.05, 0.1) is 12.5 Å². The molecule has 94 valence electrons. The first-order valence-corrected chi connectivity index (χ1v) is 5.39. The number of rotatable bonds is 5. The van der Waals surface area contributed by atoms with Crippen LogP contribution in [0.4, 0.5) is 0 Å². The van der Waals surface area contributed by atoms with Gasteiger partial charge in [-0.3, -0.25) is 9.59 Å². The average molecular weight is 230 g/mol. The summed E-state index contributed by atoms with van der Waals surface area (Å²) in [6.07, 6.45) is -0.0369. The molecular formula is C11H22N2O3. The summed E-state index contributed by atoms with van der Waals surface area (Å²) in [6, 6.07) is -0.588. The molecule has 1 atom stereocenters. The largest absolute Gasteiger partial charge is 0.460 e. The molecule has 5 heteroatoms. The lowest BCUT2D eigenvalue weighted by Gasteiger charge is -2.22. The van der Waals surface area contributed by atoms with E-state index in [0.717, 1.165) is 0 Å². The second-order valence-electron chi connectivity index (χ2n) is 5.07. The standard InChI is InChI=1S/C11H22N2O3/c1-7(2)13-8(10(12)15)6-9(14)16-11(3,4)5/h7-8,13H,6H2,1-5H3,(H2,12,15)/t8-/m1/s1. The van der Waals surface area contributed by atoms with Crippen molar-refractivity contribution in [3.63, 3.8) is 0 Å². The van der Waals surface area contributed by atoms with Crippen molar-refractivity contribution < 1.29 is 14.3 Å². The highest BCUT2D eigenvalue weighted by Crippen LogP contribution is 2.09. The minimum Gasteiger partial charge on any atom is -0.460 e. The summed E-state index contributed by atoms with van der Waals surface area (Å²) in [5, 5.41) is 2.92. The van der Waals surface area contributed by atoms with Crippen LogP contribution in [0.15, 0.2) is 0 Å². The molecule has 0 radical (unpaired) electrons. The van der Waals surface area contributed by atoms with Gasteiger partial charge >= 0.3 is 5.97 Å². The maximum Gasteiger partial charge on any atom is 0.308 e. The predicted molar refractivity (Wildman–Crippen MR) is 61.7 cm³/mol. The Bertz CT molecular complexity index is 256. The fourth-order valence-electron chi connectivity index (χ4n) is 1.19. The average Bonchev–Trinajstić information content (AvgIpc) is 1.97. The van der Waals surface area contributed by atoms with Crippen molar-refractivity contribution in [2.75, 3.05) is 0 Å². The Morgan fingerprint density at radius 1 is 1.31 bits per heavy atom. The molecule has 0 aromatic heterocycles. The van der Waals surface area contributed by atoms with Crippen molar-refractivity contribution in [3.05, 3.63) is 0 Å². The third kappa shape index (κ3) is 7.23. The van der Waals surface area contributed by atoms with Gasteiger partial charge in [-0.2, -0.15) is 0 Å². The summed E-state index contributed by atoms with van der Waals surface area (Å²) < 4.78 is 5.11. The highest BCUT2D eigenvalue weighted by molar-refractivity contribution is 5.85. The van der Waals surface area contributed by atoms with E-state index in [2.05, 4.69) is 5.32 Å². The number of primary amides is 1. The van der Waals surface area contributed by atoms with Crippen molar-refractivity contribution in [2.45, 2.75) is 58.7 Å². The van der Waals surface area contributed by atoms with Gasteiger partial charge in [0.15, 0.2) is 0 Å². The number of ether oxygens (including phenoxy) is 1. The van der Waals surface area contributed by atoms with Gasteiger partial charge in [-0.1, -0.05) is 13.8 Å². The van der Waals surface area contributed by atoms with Crippen molar-refractivity contribution in [1.29, 1.82) is 0 Å². The normalized spacial score (nSPS) is 13.6. The van der Waals surface area contributed by atoms with Crippen LogP contribution in [0.2, 0.25) is 0 Å². The van der Waals surface area contributed by atoms with E-state index in [1.807, 2.05) is 13.8 Å². The van der Waals surface area contributed by atoms with Crippen LogP contribution >= 0.6 is 0 Å². The van der Waals surface area contributed by atoms with Crippen LogP contribution in [0.5, 0.6) is 0 Å². The van der Waals surface area contributed by atoms with Gasteiger partial charge in [-0.15, -0.1) is 0 Å². The monoisotopic (exact) mass is 230 g/mol. The van der Waals surface area contributed by atoms with Gasteiger partial charge < -0.3 is 15.8 Å². The quantitative estimate of drug-likeness (QED) is 0.676. The number of amides is 1. The molecular weight excluding hydrogens is 208 g/mol. The molecule has 0 heterocycles. The number of carbonyl (C=O) groups excluding carboxylic acids is 2. The van der Waals surface area contributed by atoms with E-state index >= 15 is 0 Å². The summed E-state index contributed by atoms with van der Waals surface area (Å²) >= 11 is 0. The highest BCUT2D eigenvalue weighted by atomic mass is 16.6. The van der Waals surface area contributed by atoms with Crippen LogP contribution in [-0.2, 0) is 14.3 Å². The lowest BCUT2D eigenvalue weighted by molar-refractivity contribution is -0.156. The minimum atomic E-state index is -0.671. The SMILES string of the molecule is CC(C)N[C@H](CC(=O)OC(C)(C)C)C(N)=O. The summed E-state index contributed by atoms with van der Waals surface area (Å²) in [6.45, 7) is 9.09. The molecule has 0 saturated carbocycles. The molecule has 0 aromatic rings. The zero-order valence-electron chi connectivity index (χ0n) is 10.7. The molecule has 0 fully saturated rings. The number of esters is 1. The van der Waals surface area contributed by atoms with E-state index in [0.29, 0.717) is 0 Å². The van der Waals surface area contributed by atoms with Crippen LogP contribution < -0.4 is 11.1 Å². The van der Waals surface area contributed by atoms with E-state index in [-0.39, 0.29) is 12.5 Å². The number of hydrogen-bond acceptors (Lipinski definition) is 4. The smallest absolute Gasteiger partial charge is 0.308 e. The first-order valence-electron chi connectivity index (χ1n) is 5.39. The first-order chi connectivity index (χ1) is 7.11. The van der Waals surface area contributed by atoms with E-state index in [1.165, 1.54) is 0 Å². The molecule has 0 aliphatic heterocycles. The van der Waals surface area contributed by atoms with Gasteiger partial charge in [-0.25, -0.2) is 0 Å². The summed E-state index contributed by atoms with van der Waals surface area (Å²) in [4.78, 5) is 22.6. The second-order valence-corrected chi connectivity index (χ2v) is 5.07. The van der Waals surface area contributed by atoms with Crippen LogP contribution in [0, 0.1) is 0 Å². The lowest BCUT2D eigenvalue weighted by Crippen LogP contribution is -2.46. The zero-order valence-corrected chi connectivity index (χ0v) is 10.7. The Kier molecular flexibility index (Phi) is 5.44. The van der Waals surface area contributed by atoms with Crippen LogP contribution in [0.25, 0.3) is 0 Å². The van der Waals surface area contributed by atoms with Crippen molar-refractivity contribution in [3.8, 4) is 0 Å². The fraction of sp³-hybridized carbons (Fsp3) is 0.818.